The van der Waals surface area contributed by atoms with Crippen molar-refractivity contribution in [1.29, 1.82) is 0 Å². The Hall–Kier alpha value is -2.89. The molecule has 0 saturated heterocycles. The minimum absolute atomic E-state index is 0.218. The predicted molar refractivity (Wildman–Crippen MR) is 75.0 cm³/mol. The van der Waals surface area contributed by atoms with E-state index >= 15 is 0 Å². The van der Waals surface area contributed by atoms with Crippen LogP contribution in [0.25, 0.3) is 16.8 Å². The summed E-state index contributed by atoms with van der Waals surface area (Å²) < 4.78 is 1.23. The zero-order valence-electron chi connectivity index (χ0n) is 10.8. The highest BCUT2D eigenvalue weighted by molar-refractivity contribution is 5.65. The van der Waals surface area contributed by atoms with Crippen molar-refractivity contribution >= 4 is 0 Å². The van der Waals surface area contributed by atoms with E-state index in [4.69, 9.17) is 0 Å². The fourth-order valence-electron chi connectivity index (χ4n) is 2.17. The lowest BCUT2D eigenvalue weighted by Crippen LogP contribution is -2.24. The number of aromatic nitrogens is 4. The van der Waals surface area contributed by atoms with E-state index in [1.165, 1.54) is 16.9 Å². The van der Waals surface area contributed by atoms with Gasteiger partial charge in [-0.25, -0.2) is 9.78 Å². The zero-order chi connectivity index (χ0) is 14.1. The molecule has 0 aliphatic rings. The fraction of sp³-hybridized carbons (Fsp3) is 0.0714. The summed E-state index contributed by atoms with van der Waals surface area (Å²) in [6.07, 6.45) is 1.43. The largest absolute Gasteiger partial charge is 0.294 e. The van der Waals surface area contributed by atoms with Crippen LogP contribution in [0.1, 0.15) is 5.69 Å². The molecule has 0 aliphatic carbocycles. The van der Waals surface area contributed by atoms with Gasteiger partial charge in [0.15, 0.2) is 0 Å². The van der Waals surface area contributed by atoms with Crippen molar-refractivity contribution in [2.24, 2.45) is 0 Å². The van der Waals surface area contributed by atoms with Gasteiger partial charge in [-0.1, -0.05) is 30.3 Å². The minimum Gasteiger partial charge on any atom is -0.294 e. The molecule has 3 aromatic rings. The molecule has 2 aromatic heterocycles. The molecule has 0 saturated carbocycles. The van der Waals surface area contributed by atoms with Crippen LogP contribution in [0.15, 0.2) is 52.2 Å². The Labute approximate surface area is 113 Å². The van der Waals surface area contributed by atoms with Crippen LogP contribution in [0, 0.1) is 6.92 Å². The molecule has 2 heterocycles. The average Bonchev–Trinajstić information content (AvgIpc) is 2.75. The van der Waals surface area contributed by atoms with Gasteiger partial charge < -0.3 is 0 Å². The monoisotopic (exact) mass is 268 g/mol. The van der Waals surface area contributed by atoms with Crippen molar-refractivity contribution < 1.29 is 0 Å². The Morgan fingerprint density at radius 1 is 1.10 bits per heavy atom. The third-order valence-corrected chi connectivity index (χ3v) is 3.08. The summed E-state index contributed by atoms with van der Waals surface area (Å²) in [7, 11) is 0. The number of H-pyrrole nitrogens is 2. The van der Waals surface area contributed by atoms with Gasteiger partial charge in [0.05, 0.1) is 5.56 Å². The Bertz CT molecular complexity index is 859. The number of aromatic amines is 2. The van der Waals surface area contributed by atoms with Gasteiger partial charge in [0.2, 0.25) is 0 Å². The fourth-order valence-corrected chi connectivity index (χ4v) is 2.17. The molecule has 0 bridgehead atoms. The standard InChI is InChI=1S/C14H12N4O2/c1-9-12(10-5-3-2-4-6-10)14(20)18(17-9)11-7-8-15-16-13(11)19/h2-8,17H,1H3,(H,16,19). The maximum atomic E-state index is 12.5. The first kappa shape index (κ1) is 12.2. The number of nitrogens with one attached hydrogen (secondary N) is 2. The molecule has 0 radical (unpaired) electrons. The lowest BCUT2D eigenvalue weighted by Gasteiger charge is -1.98. The molecule has 6 nitrogen and oxygen atoms in total. The minimum atomic E-state index is -0.421. The van der Waals surface area contributed by atoms with E-state index in [1.807, 2.05) is 30.3 Å². The van der Waals surface area contributed by atoms with Crippen LogP contribution >= 0.6 is 0 Å². The Morgan fingerprint density at radius 2 is 1.85 bits per heavy atom. The molecule has 1 aromatic carbocycles. The van der Waals surface area contributed by atoms with Crippen LogP contribution in [-0.2, 0) is 0 Å². The summed E-state index contributed by atoms with van der Waals surface area (Å²) >= 11 is 0. The Kier molecular flexibility index (Phi) is 2.83. The molecule has 0 unspecified atom stereocenters. The van der Waals surface area contributed by atoms with Crippen molar-refractivity contribution in [3.63, 3.8) is 0 Å². The molecule has 0 spiro atoms. The van der Waals surface area contributed by atoms with Crippen molar-refractivity contribution in [1.82, 2.24) is 20.0 Å². The van der Waals surface area contributed by atoms with Crippen molar-refractivity contribution in [3.8, 4) is 16.8 Å². The third kappa shape index (κ3) is 1.87. The first-order valence-corrected chi connectivity index (χ1v) is 6.09. The van der Waals surface area contributed by atoms with Crippen molar-refractivity contribution in [2.75, 3.05) is 0 Å². The summed E-state index contributed by atoms with van der Waals surface area (Å²) in [4.78, 5) is 24.2. The molecule has 0 amide bonds. The van der Waals surface area contributed by atoms with E-state index in [9.17, 15) is 9.59 Å². The van der Waals surface area contributed by atoms with Crippen LogP contribution in [0.5, 0.6) is 0 Å². The summed E-state index contributed by atoms with van der Waals surface area (Å²) in [5.41, 5.74) is 1.62. The molecule has 3 rings (SSSR count). The second-order valence-electron chi connectivity index (χ2n) is 4.39. The number of rotatable bonds is 2. The number of nitrogens with zero attached hydrogens (tertiary/aromatic N) is 2. The topological polar surface area (TPSA) is 83.5 Å². The first-order valence-electron chi connectivity index (χ1n) is 6.09. The van der Waals surface area contributed by atoms with Gasteiger partial charge in [0, 0.05) is 11.9 Å². The second-order valence-corrected chi connectivity index (χ2v) is 4.39. The molecule has 100 valence electrons. The smallest absolute Gasteiger partial charge is 0.290 e. The van der Waals surface area contributed by atoms with Crippen molar-refractivity contribution in [3.05, 3.63) is 69.0 Å². The number of hydrogen-bond donors (Lipinski definition) is 2. The van der Waals surface area contributed by atoms with Gasteiger partial charge >= 0.3 is 0 Å². The second kappa shape index (κ2) is 4.65. The summed E-state index contributed by atoms with van der Waals surface area (Å²) in [5, 5.41) is 8.85. The molecular formula is C14H12N4O2. The first-order chi connectivity index (χ1) is 9.68. The number of hydrogen-bond acceptors (Lipinski definition) is 3. The van der Waals surface area contributed by atoms with Crippen LogP contribution in [0.2, 0.25) is 0 Å². The van der Waals surface area contributed by atoms with E-state index in [-0.39, 0.29) is 11.2 Å². The molecule has 0 fully saturated rings. The lowest BCUT2D eigenvalue weighted by atomic mass is 10.1. The Morgan fingerprint density at radius 3 is 2.55 bits per heavy atom. The van der Waals surface area contributed by atoms with Gasteiger partial charge in [0.1, 0.15) is 5.69 Å². The summed E-state index contributed by atoms with van der Waals surface area (Å²) in [5.74, 6) is 0. The average molecular weight is 268 g/mol. The van der Waals surface area contributed by atoms with Gasteiger partial charge in [0.25, 0.3) is 11.1 Å². The van der Waals surface area contributed by atoms with E-state index in [2.05, 4.69) is 15.3 Å². The number of benzene rings is 1. The Balaban J connectivity index is 2.26. The normalized spacial score (nSPS) is 10.7. The van der Waals surface area contributed by atoms with E-state index in [0.717, 1.165) is 5.56 Å². The summed E-state index contributed by atoms with van der Waals surface area (Å²) in [6, 6.07) is 10.8. The van der Waals surface area contributed by atoms with Crippen molar-refractivity contribution in [2.45, 2.75) is 6.92 Å². The van der Waals surface area contributed by atoms with Crippen LogP contribution < -0.4 is 11.1 Å². The highest BCUT2D eigenvalue weighted by Crippen LogP contribution is 2.18. The SMILES string of the molecule is Cc1[nH]n(-c2ccn[nH]c2=O)c(=O)c1-c1ccccc1. The highest BCUT2D eigenvalue weighted by Gasteiger charge is 2.15. The molecular weight excluding hydrogens is 256 g/mol. The van der Waals surface area contributed by atoms with Gasteiger partial charge in [-0.3, -0.25) is 14.7 Å². The molecule has 20 heavy (non-hydrogen) atoms. The summed E-state index contributed by atoms with van der Waals surface area (Å²) in [6.45, 7) is 1.80. The number of aryl methyl sites for hydroxylation is 1. The van der Waals surface area contributed by atoms with Crippen LogP contribution in [-0.4, -0.2) is 20.0 Å². The zero-order valence-corrected chi connectivity index (χ0v) is 10.8. The highest BCUT2D eigenvalue weighted by atomic mass is 16.1. The van der Waals surface area contributed by atoms with Crippen LogP contribution in [0.3, 0.4) is 0 Å². The maximum absolute atomic E-state index is 12.5. The molecule has 0 atom stereocenters. The van der Waals surface area contributed by atoms with Gasteiger partial charge in [-0.2, -0.15) is 5.10 Å². The van der Waals surface area contributed by atoms with Gasteiger partial charge in [-0.05, 0) is 18.6 Å². The van der Waals surface area contributed by atoms with E-state index in [0.29, 0.717) is 11.3 Å². The van der Waals surface area contributed by atoms with E-state index < -0.39 is 5.56 Å². The molecule has 6 heteroatoms. The van der Waals surface area contributed by atoms with Crippen LogP contribution in [0.4, 0.5) is 0 Å². The molecule has 0 aliphatic heterocycles. The lowest BCUT2D eigenvalue weighted by molar-refractivity contribution is 0.807. The predicted octanol–water partition coefficient (Wildman–Crippen LogP) is 1.22. The third-order valence-electron chi connectivity index (χ3n) is 3.08. The van der Waals surface area contributed by atoms with E-state index in [1.54, 1.807) is 6.92 Å². The quantitative estimate of drug-likeness (QED) is 0.733. The van der Waals surface area contributed by atoms with Gasteiger partial charge in [-0.15, -0.1) is 0 Å². The molecule has 2 N–H and O–H groups in total. The maximum Gasteiger partial charge on any atom is 0.290 e.